The molecule has 0 saturated heterocycles. The van der Waals surface area contributed by atoms with Crippen LogP contribution in [0.4, 0.5) is 0 Å². The quantitative estimate of drug-likeness (QED) is 0.450. The topological polar surface area (TPSA) is 37.3 Å². The number of hydrogen-bond donors (Lipinski definition) is 1. The molecule has 0 fully saturated rings. The third-order valence-electron chi connectivity index (χ3n) is 2.08. The Morgan fingerprint density at radius 1 is 1.25 bits per heavy atom. The molecule has 0 rings (SSSR count). The van der Waals surface area contributed by atoms with Crippen LogP contribution >= 0.6 is 0 Å². The highest BCUT2D eigenvalue weighted by Gasteiger charge is 1.98. The normalized spacial score (nSPS) is 12.8. The van der Waals surface area contributed by atoms with Gasteiger partial charge >= 0.3 is 0 Å². The van der Waals surface area contributed by atoms with E-state index in [1.807, 2.05) is 6.92 Å². The Balaban J connectivity index is 2.95. The maximum Gasteiger partial charge on any atom is 0.119 e. The van der Waals surface area contributed by atoms with Crippen molar-refractivity contribution in [2.45, 2.75) is 58.0 Å². The van der Waals surface area contributed by atoms with Gasteiger partial charge in [0, 0.05) is 6.42 Å². The van der Waals surface area contributed by atoms with Crippen LogP contribution in [0.2, 0.25) is 0 Å². The van der Waals surface area contributed by atoms with Gasteiger partial charge in [-0.25, -0.2) is 0 Å². The van der Waals surface area contributed by atoms with Crippen LogP contribution in [0.5, 0.6) is 0 Å². The average Bonchev–Trinajstić information content (AvgIpc) is 2.10. The van der Waals surface area contributed by atoms with Crippen LogP contribution in [0, 0.1) is 0 Å². The van der Waals surface area contributed by atoms with Crippen LogP contribution < -0.4 is 0 Å². The van der Waals surface area contributed by atoms with Gasteiger partial charge in [-0.05, 0) is 19.3 Å². The molecule has 0 heterocycles. The van der Waals surface area contributed by atoms with Crippen molar-refractivity contribution in [2.75, 3.05) is 0 Å². The van der Waals surface area contributed by atoms with Gasteiger partial charge in [0.1, 0.15) is 6.29 Å². The molecule has 0 aromatic rings. The second-order valence-electron chi connectivity index (χ2n) is 3.22. The zero-order valence-corrected chi connectivity index (χ0v) is 7.96. The Morgan fingerprint density at radius 2 is 1.92 bits per heavy atom. The smallest absolute Gasteiger partial charge is 0.119 e. The van der Waals surface area contributed by atoms with Crippen molar-refractivity contribution in [1.29, 1.82) is 0 Å². The molecule has 0 bridgehead atoms. The van der Waals surface area contributed by atoms with Crippen molar-refractivity contribution in [3.05, 3.63) is 0 Å². The number of carbonyl (C=O) groups excluding carboxylic acids is 1. The van der Waals surface area contributed by atoms with Gasteiger partial charge in [0.15, 0.2) is 0 Å². The lowest BCUT2D eigenvalue weighted by atomic mass is 10.1. The lowest BCUT2D eigenvalue weighted by molar-refractivity contribution is -0.107. The number of aliphatic hydroxyl groups is 1. The van der Waals surface area contributed by atoms with Crippen LogP contribution in [0.1, 0.15) is 51.9 Å². The first-order valence-corrected chi connectivity index (χ1v) is 4.93. The Bertz CT molecular complexity index is 102. The van der Waals surface area contributed by atoms with Crippen LogP contribution in [0.3, 0.4) is 0 Å². The minimum atomic E-state index is -0.115. The summed E-state index contributed by atoms with van der Waals surface area (Å²) < 4.78 is 0. The molecule has 12 heavy (non-hydrogen) atoms. The highest BCUT2D eigenvalue weighted by Crippen LogP contribution is 2.08. The molecule has 2 heteroatoms. The van der Waals surface area contributed by atoms with E-state index in [1.54, 1.807) is 0 Å². The van der Waals surface area contributed by atoms with Crippen LogP contribution in [-0.2, 0) is 4.79 Å². The van der Waals surface area contributed by atoms with Crippen molar-refractivity contribution < 1.29 is 9.90 Å². The maximum absolute atomic E-state index is 9.95. The van der Waals surface area contributed by atoms with Crippen molar-refractivity contribution in [3.63, 3.8) is 0 Å². The number of rotatable bonds is 8. The largest absolute Gasteiger partial charge is 0.393 e. The molecule has 1 atom stereocenters. The molecular weight excluding hydrogens is 152 g/mol. The van der Waals surface area contributed by atoms with Gasteiger partial charge in [-0.15, -0.1) is 0 Å². The molecule has 0 aromatic heterocycles. The van der Waals surface area contributed by atoms with Crippen LogP contribution in [-0.4, -0.2) is 17.5 Å². The fourth-order valence-electron chi connectivity index (χ4n) is 1.17. The lowest BCUT2D eigenvalue weighted by Crippen LogP contribution is -2.03. The fourth-order valence-corrected chi connectivity index (χ4v) is 1.17. The third-order valence-corrected chi connectivity index (χ3v) is 2.08. The first-order valence-electron chi connectivity index (χ1n) is 4.93. The average molecular weight is 172 g/mol. The van der Waals surface area contributed by atoms with Gasteiger partial charge in [-0.1, -0.05) is 26.2 Å². The number of hydrogen-bond acceptors (Lipinski definition) is 2. The second-order valence-corrected chi connectivity index (χ2v) is 3.22. The van der Waals surface area contributed by atoms with E-state index in [1.165, 1.54) is 0 Å². The summed E-state index contributed by atoms with van der Waals surface area (Å²) in [6, 6.07) is 0. The minimum Gasteiger partial charge on any atom is -0.393 e. The second kappa shape index (κ2) is 8.72. The first-order chi connectivity index (χ1) is 5.81. The third kappa shape index (κ3) is 7.73. The molecule has 0 radical (unpaired) electrons. The van der Waals surface area contributed by atoms with E-state index in [9.17, 15) is 9.90 Å². The van der Waals surface area contributed by atoms with Gasteiger partial charge in [0.05, 0.1) is 6.10 Å². The van der Waals surface area contributed by atoms with Crippen molar-refractivity contribution >= 4 is 6.29 Å². The maximum atomic E-state index is 9.95. The van der Waals surface area contributed by atoms with Crippen molar-refractivity contribution in [3.8, 4) is 0 Å². The standard InChI is InChI=1S/C10H20O2/c1-2-10(12)8-6-4-3-5-7-9-11/h9-10,12H,2-8H2,1H3. The van der Waals surface area contributed by atoms with Crippen LogP contribution in [0.25, 0.3) is 0 Å². The molecule has 72 valence electrons. The molecule has 1 unspecified atom stereocenters. The Labute approximate surface area is 75.0 Å². The Kier molecular flexibility index (Phi) is 8.46. The van der Waals surface area contributed by atoms with E-state index in [4.69, 9.17) is 0 Å². The van der Waals surface area contributed by atoms with Gasteiger partial charge in [0.25, 0.3) is 0 Å². The van der Waals surface area contributed by atoms with Gasteiger partial charge in [-0.3, -0.25) is 0 Å². The summed E-state index contributed by atoms with van der Waals surface area (Å²) in [5.74, 6) is 0. The molecule has 0 aliphatic carbocycles. The van der Waals surface area contributed by atoms with E-state index in [-0.39, 0.29) is 6.10 Å². The molecule has 0 aliphatic rings. The predicted octanol–water partition coefficient (Wildman–Crippen LogP) is 2.30. The summed E-state index contributed by atoms with van der Waals surface area (Å²) in [5.41, 5.74) is 0. The molecule has 0 saturated carbocycles. The highest BCUT2D eigenvalue weighted by molar-refractivity contribution is 5.48. The van der Waals surface area contributed by atoms with E-state index < -0.39 is 0 Å². The van der Waals surface area contributed by atoms with E-state index in [0.29, 0.717) is 6.42 Å². The summed E-state index contributed by atoms with van der Waals surface area (Å²) in [6.07, 6.45) is 7.68. The number of aliphatic hydroxyl groups excluding tert-OH is 1. The molecule has 0 amide bonds. The number of carbonyl (C=O) groups is 1. The predicted molar refractivity (Wildman–Crippen MR) is 50.1 cm³/mol. The summed E-state index contributed by atoms with van der Waals surface area (Å²) in [6.45, 7) is 2.00. The van der Waals surface area contributed by atoms with E-state index in [0.717, 1.165) is 44.8 Å². The van der Waals surface area contributed by atoms with E-state index in [2.05, 4.69) is 0 Å². The molecule has 0 aromatic carbocycles. The Hall–Kier alpha value is -0.370. The molecule has 2 nitrogen and oxygen atoms in total. The van der Waals surface area contributed by atoms with Gasteiger partial charge < -0.3 is 9.90 Å². The minimum absolute atomic E-state index is 0.115. The monoisotopic (exact) mass is 172 g/mol. The zero-order valence-electron chi connectivity index (χ0n) is 7.96. The number of unbranched alkanes of at least 4 members (excludes halogenated alkanes) is 4. The van der Waals surface area contributed by atoms with Crippen molar-refractivity contribution in [2.24, 2.45) is 0 Å². The molecule has 1 N–H and O–H groups in total. The molecule has 0 spiro atoms. The van der Waals surface area contributed by atoms with Gasteiger partial charge in [-0.2, -0.15) is 0 Å². The number of aldehydes is 1. The van der Waals surface area contributed by atoms with Crippen LogP contribution in [0.15, 0.2) is 0 Å². The van der Waals surface area contributed by atoms with E-state index >= 15 is 0 Å². The summed E-state index contributed by atoms with van der Waals surface area (Å²) in [7, 11) is 0. The first kappa shape index (κ1) is 11.6. The zero-order chi connectivity index (χ0) is 9.23. The highest BCUT2D eigenvalue weighted by atomic mass is 16.3. The molecular formula is C10H20O2. The SMILES string of the molecule is CCC(O)CCCCCCC=O. The summed E-state index contributed by atoms with van der Waals surface area (Å²) >= 11 is 0. The lowest BCUT2D eigenvalue weighted by Gasteiger charge is -2.05. The van der Waals surface area contributed by atoms with Crippen molar-refractivity contribution in [1.82, 2.24) is 0 Å². The fraction of sp³-hybridized carbons (Fsp3) is 0.900. The summed E-state index contributed by atoms with van der Waals surface area (Å²) in [5, 5.41) is 9.20. The summed E-state index contributed by atoms with van der Waals surface area (Å²) in [4.78, 5) is 9.95. The Morgan fingerprint density at radius 3 is 2.50 bits per heavy atom. The molecule has 0 aliphatic heterocycles. The van der Waals surface area contributed by atoms with Gasteiger partial charge in [0.2, 0.25) is 0 Å².